The summed E-state index contributed by atoms with van der Waals surface area (Å²) in [6.45, 7) is 0. The van der Waals surface area contributed by atoms with Gasteiger partial charge in [-0.2, -0.15) is 0 Å². The lowest BCUT2D eigenvalue weighted by atomic mass is 9.89. The molecule has 0 bridgehead atoms. The van der Waals surface area contributed by atoms with Crippen LogP contribution in [0.4, 0.5) is 0 Å². The van der Waals surface area contributed by atoms with Crippen LogP contribution >= 0.6 is 0 Å². The van der Waals surface area contributed by atoms with Crippen LogP contribution in [0.1, 0.15) is 0 Å². The Morgan fingerprint density at radius 2 is 0.696 bits per heavy atom. The topological polar surface area (TPSA) is 0 Å². The highest BCUT2D eigenvalue weighted by molar-refractivity contribution is 6.19. The zero-order chi connectivity index (χ0) is 30.2. The SMILES string of the molecule is c1ccc2c(c1)-c1cccc3c(-c4cc(-c5ccc6cc(-c7cccc8ccccc78)ccc6c5)c5ccccc5c4)ccc-2c13. The molecule has 0 amide bonds. The van der Waals surface area contributed by atoms with Crippen LogP contribution in [-0.2, 0) is 0 Å². The van der Waals surface area contributed by atoms with Crippen LogP contribution in [-0.4, -0.2) is 0 Å². The smallest absolute Gasteiger partial charge is 0.00201 e. The van der Waals surface area contributed by atoms with Gasteiger partial charge in [0.05, 0.1) is 0 Å². The van der Waals surface area contributed by atoms with Gasteiger partial charge in [-0.25, -0.2) is 0 Å². The second-order valence-corrected chi connectivity index (χ2v) is 12.5. The van der Waals surface area contributed by atoms with Crippen LogP contribution in [0.5, 0.6) is 0 Å². The second-order valence-electron chi connectivity index (χ2n) is 12.5. The Labute approximate surface area is 267 Å². The maximum absolute atomic E-state index is 2.40. The quantitative estimate of drug-likeness (QED) is 0.195. The van der Waals surface area contributed by atoms with Gasteiger partial charge >= 0.3 is 0 Å². The van der Waals surface area contributed by atoms with Gasteiger partial charge in [-0.3, -0.25) is 0 Å². The minimum Gasteiger partial charge on any atom is -0.0616 e. The number of benzene rings is 9. The summed E-state index contributed by atoms with van der Waals surface area (Å²) in [6.07, 6.45) is 0. The van der Waals surface area contributed by atoms with E-state index in [0.717, 1.165) is 0 Å². The van der Waals surface area contributed by atoms with Gasteiger partial charge in [-0.05, 0) is 123 Å². The van der Waals surface area contributed by atoms with E-state index in [0.29, 0.717) is 0 Å². The molecule has 9 aromatic carbocycles. The van der Waals surface area contributed by atoms with Gasteiger partial charge in [0.1, 0.15) is 0 Å². The van der Waals surface area contributed by atoms with E-state index in [1.54, 1.807) is 0 Å². The molecule has 0 aromatic heterocycles. The van der Waals surface area contributed by atoms with Gasteiger partial charge in [0.15, 0.2) is 0 Å². The molecular formula is C46H28. The lowest BCUT2D eigenvalue weighted by molar-refractivity contribution is 1.65. The summed E-state index contributed by atoms with van der Waals surface area (Å²) in [6, 6.07) is 62.8. The van der Waals surface area contributed by atoms with E-state index in [-0.39, 0.29) is 0 Å². The molecule has 1 aliphatic rings. The minimum absolute atomic E-state index is 1.24. The largest absolute Gasteiger partial charge is 0.0616 e. The Kier molecular flexibility index (Phi) is 5.38. The van der Waals surface area contributed by atoms with Gasteiger partial charge in [0, 0.05) is 0 Å². The van der Waals surface area contributed by atoms with Crippen LogP contribution in [0.2, 0.25) is 0 Å². The van der Waals surface area contributed by atoms with E-state index in [1.807, 2.05) is 0 Å². The molecule has 0 spiro atoms. The first-order valence-corrected chi connectivity index (χ1v) is 16.0. The molecule has 1 aliphatic carbocycles. The summed E-state index contributed by atoms with van der Waals surface area (Å²) in [5.41, 5.74) is 12.9. The molecule has 212 valence electrons. The second kappa shape index (κ2) is 9.76. The van der Waals surface area contributed by atoms with Crippen molar-refractivity contribution >= 4 is 43.1 Å². The molecule has 0 fully saturated rings. The fraction of sp³-hybridized carbons (Fsp3) is 0. The summed E-state index contributed by atoms with van der Waals surface area (Å²) < 4.78 is 0. The molecule has 0 heteroatoms. The molecule has 0 heterocycles. The predicted octanol–water partition coefficient (Wildman–Crippen LogP) is 12.9. The number of hydrogen-bond acceptors (Lipinski definition) is 0. The minimum atomic E-state index is 1.24. The Morgan fingerprint density at radius 1 is 0.217 bits per heavy atom. The summed E-state index contributed by atoms with van der Waals surface area (Å²) in [5.74, 6) is 0. The lowest BCUT2D eigenvalue weighted by Crippen LogP contribution is -1.88. The zero-order valence-electron chi connectivity index (χ0n) is 25.2. The average Bonchev–Trinajstić information content (AvgIpc) is 3.45. The van der Waals surface area contributed by atoms with Crippen molar-refractivity contribution in [3.63, 3.8) is 0 Å². The molecule has 0 saturated carbocycles. The molecule has 0 aliphatic heterocycles. The molecule has 0 N–H and O–H groups in total. The van der Waals surface area contributed by atoms with Crippen molar-refractivity contribution in [1.82, 2.24) is 0 Å². The standard InChI is InChI=1S/C46H28/c1-3-12-36-29(9-1)11-7-16-37(36)33-21-19-31-26-34(22-20-30(31)25-33)45-28-35(27-32-10-2-4-13-38(32)45)39-23-24-44-41-15-6-5-14-40(41)43-18-8-17-42(39)46(43)44/h1-28H. The third kappa shape index (κ3) is 3.74. The maximum atomic E-state index is 2.40. The van der Waals surface area contributed by atoms with Crippen molar-refractivity contribution in [2.24, 2.45) is 0 Å². The molecule has 0 radical (unpaired) electrons. The Balaban J connectivity index is 1.13. The lowest BCUT2D eigenvalue weighted by Gasteiger charge is -2.15. The molecule has 0 atom stereocenters. The molecule has 0 saturated heterocycles. The molecule has 46 heavy (non-hydrogen) atoms. The van der Waals surface area contributed by atoms with Crippen molar-refractivity contribution in [2.75, 3.05) is 0 Å². The van der Waals surface area contributed by atoms with E-state index >= 15 is 0 Å². The van der Waals surface area contributed by atoms with E-state index in [4.69, 9.17) is 0 Å². The van der Waals surface area contributed by atoms with Crippen LogP contribution in [0.3, 0.4) is 0 Å². The molecule has 10 rings (SSSR count). The number of rotatable bonds is 3. The first-order valence-electron chi connectivity index (χ1n) is 16.0. The highest BCUT2D eigenvalue weighted by Gasteiger charge is 2.22. The van der Waals surface area contributed by atoms with E-state index in [1.165, 1.54) is 98.7 Å². The molecule has 0 nitrogen and oxygen atoms in total. The zero-order valence-corrected chi connectivity index (χ0v) is 25.2. The summed E-state index contributed by atoms with van der Waals surface area (Å²) in [7, 11) is 0. The predicted molar refractivity (Wildman–Crippen MR) is 197 cm³/mol. The van der Waals surface area contributed by atoms with Gasteiger partial charge in [0.25, 0.3) is 0 Å². The van der Waals surface area contributed by atoms with E-state index < -0.39 is 0 Å². The number of fused-ring (bicyclic) bond motifs is 6. The highest BCUT2D eigenvalue weighted by Crippen LogP contribution is 2.49. The number of hydrogen-bond donors (Lipinski definition) is 0. The van der Waals surface area contributed by atoms with E-state index in [9.17, 15) is 0 Å². The maximum Gasteiger partial charge on any atom is -0.00201 e. The normalized spacial score (nSPS) is 11.9. The Morgan fingerprint density at radius 3 is 1.48 bits per heavy atom. The summed E-state index contributed by atoms with van der Waals surface area (Å²) in [4.78, 5) is 0. The van der Waals surface area contributed by atoms with Crippen LogP contribution in [0.15, 0.2) is 170 Å². The van der Waals surface area contributed by atoms with Crippen molar-refractivity contribution < 1.29 is 0 Å². The average molecular weight is 581 g/mol. The van der Waals surface area contributed by atoms with Crippen molar-refractivity contribution in [3.05, 3.63) is 170 Å². The monoisotopic (exact) mass is 580 g/mol. The molecule has 9 aromatic rings. The fourth-order valence-corrected chi connectivity index (χ4v) is 7.82. The van der Waals surface area contributed by atoms with Gasteiger partial charge in [-0.15, -0.1) is 0 Å². The van der Waals surface area contributed by atoms with Gasteiger partial charge in [0.2, 0.25) is 0 Å². The third-order valence-corrected chi connectivity index (χ3v) is 9.97. The van der Waals surface area contributed by atoms with Crippen molar-refractivity contribution in [3.8, 4) is 55.6 Å². The fourth-order valence-electron chi connectivity index (χ4n) is 7.82. The Hall–Kier alpha value is -5.98. The van der Waals surface area contributed by atoms with E-state index in [2.05, 4.69) is 170 Å². The van der Waals surface area contributed by atoms with Crippen molar-refractivity contribution in [1.29, 1.82) is 0 Å². The summed E-state index contributed by atoms with van der Waals surface area (Å²) in [5, 5.41) is 10.3. The first kappa shape index (κ1) is 25.4. The van der Waals surface area contributed by atoms with Crippen LogP contribution in [0, 0.1) is 0 Å². The highest BCUT2D eigenvalue weighted by atomic mass is 14.3. The first-order chi connectivity index (χ1) is 22.8. The Bertz CT molecular complexity index is 2660. The van der Waals surface area contributed by atoms with Gasteiger partial charge in [-0.1, -0.05) is 146 Å². The van der Waals surface area contributed by atoms with Crippen LogP contribution < -0.4 is 0 Å². The van der Waals surface area contributed by atoms with Crippen LogP contribution in [0.25, 0.3) is 98.7 Å². The molecular weight excluding hydrogens is 553 g/mol. The van der Waals surface area contributed by atoms with Gasteiger partial charge < -0.3 is 0 Å². The third-order valence-electron chi connectivity index (χ3n) is 9.97. The molecule has 0 unspecified atom stereocenters. The summed E-state index contributed by atoms with van der Waals surface area (Å²) >= 11 is 0. The van der Waals surface area contributed by atoms with Crippen molar-refractivity contribution in [2.45, 2.75) is 0 Å².